The van der Waals surface area contributed by atoms with E-state index in [2.05, 4.69) is 124 Å². The van der Waals surface area contributed by atoms with Gasteiger partial charge in [0.05, 0.1) is 16.7 Å². The first kappa shape index (κ1) is 57.2. The molecule has 0 amide bonds. The van der Waals surface area contributed by atoms with E-state index in [-0.39, 0.29) is 54.0 Å². The Kier molecular flexibility index (Phi) is 17.1. The summed E-state index contributed by atoms with van der Waals surface area (Å²) in [5.41, 5.74) is 17.1. The minimum atomic E-state index is -0.764. The van der Waals surface area contributed by atoms with Crippen LogP contribution in [-0.2, 0) is 20.1 Å². The summed E-state index contributed by atoms with van der Waals surface area (Å²) in [7, 11) is 0. The van der Waals surface area contributed by atoms with Gasteiger partial charge in [-0.15, -0.1) is 106 Å². The van der Waals surface area contributed by atoms with Gasteiger partial charge in [0.2, 0.25) is 0 Å². The topological polar surface area (TPSA) is 118 Å². The predicted octanol–water partition coefficient (Wildman–Crippen LogP) is 17.9. The maximum atomic E-state index is 13.9. The molecule has 0 saturated heterocycles. The second-order valence-electron chi connectivity index (χ2n) is 20.4. The van der Waals surface area contributed by atoms with Gasteiger partial charge in [0.25, 0.3) is 0 Å². The summed E-state index contributed by atoms with van der Waals surface area (Å²) < 4.78 is 17.7. The van der Waals surface area contributed by atoms with Gasteiger partial charge in [0.15, 0.2) is 0 Å². The molecule has 0 aliphatic carbocycles. The number of hydrogen-bond donors (Lipinski definition) is 0. The number of aromatic nitrogens is 3. The normalized spacial score (nSPS) is 10.8. The third-order valence-corrected chi connectivity index (χ3v) is 14.6. The first-order valence-electron chi connectivity index (χ1n) is 28.0. The second kappa shape index (κ2) is 26.3. The van der Waals surface area contributed by atoms with Crippen LogP contribution in [-0.4, -0.2) is 32.9 Å². The molecule has 10 heteroatoms. The number of hydrogen-bond acceptors (Lipinski definition) is 9. The summed E-state index contributed by atoms with van der Waals surface area (Å²) in [6.07, 6.45) is 4.25. The average Bonchev–Trinajstić information content (AvgIpc) is 3.52. The fourth-order valence-corrected chi connectivity index (χ4v) is 10.2. The van der Waals surface area contributed by atoms with Gasteiger partial charge < -0.3 is 29.2 Å². The van der Waals surface area contributed by atoms with Crippen LogP contribution in [0.25, 0.3) is 101 Å². The Morgan fingerprint density at radius 3 is 0.773 bits per heavy atom. The van der Waals surface area contributed by atoms with Gasteiger partial charge in [-0.2, -0.15) is 0 Å². The number of carbonyl (C=O) groups is 3. The molecule has 0 saturated carbocycles. The summed E-state index contributed by atoms with van der Waals surface area (Å²) in [6.45, 7) is 0. The van der Waals surface area contributed by atoms with Crippen LogP contribution in [0.1, 0.15) is 31.1 Å². The molecule has 0 spiro atoms. The van der Waals surface area contributed by atoms with Crippen molar-refractivity contribution in [2.75, 3.05) is 0 Å². The molecule has 3 heterocycles. The molecule has 9 nitrogen and oxygen atoms in total. The van der Waals surface area contributed by atoms with Crippen molar-refractivity contribution in [1.29, 1.82) is 0 Å². The summed E-state index contributed by atoms with van der Waals surface area (Å²) >= 11 is 0. The van der Waals surface area contributed by atoms with Gasteiger partial charge in [0, 0.05) is 36.8 Å². The molecule has 0 radical (unpaired) electrons. The van der Waals surface area contributed by atoms with Crippen molar-refractivity contribution >= 4 is 17.9 Å². The van der Waals surface area contributed by atoms with Crippen LogP contribution < -0.4 is 14.2 Å². The van der Waals surface area contributed by atoms with E-state index in [4.69, 9.17) is 14.2 Å². The Hall–Kier alpha value is -11.3. The number of nitrogens with zero attached hydrogens (tertiary/aromatic N) is 3. The number of benzene rings is 10. The zero-order valence-corrected chi connectivity index (χ0v) is 49.2. The molecular formula is C78H48IrN3O6. The van der Waals surface area contributed by atoms with E-state index in [0.29, 0.717) is 17.1 Å². The van der Waals surface area contributed by atoms with Gasteiger partial charge in [-0.25, -0.2) is 14.4 Å². The number of rotatable bonds is 15. The van der Waals surface area contributed by atoms with Crippen LogP contribution in [0, 0.1) is 18.2 Å². The van der Waals surface area contributed by atoms with Gasteiger partial charge in [-0.3, -0.25) is 0 Å². The Bertz CT molecular complexity index is 4160. The first-order chi connectivity index (χ1) is 42.8. The predicted molar refractivity (Wildman–Crippen MR) is 339 cm³/mol. The standard InChI is InChI=1S/C78H48N3O6.Ir/c82-76(67-34-37-73(79-49-67)64-31-13-28-61(43-64)58-25-10-22-55(40-58)52-16-4-1-5-17-52)85-70-46-71(86-77(83)68-35-38-74(80-50-68)65-32-14-29-62(44-65)59-26-11-23-56(41-59)53-18-6-2-7-19-53)48-72(47-70)87-78(84)69-36-39-75(81-51-69)66-33-15-30-63(45-66)60-27-12-24-57(42-60)54-20-8-3-9-21-54;/h1-30,34-51H;/q-3;+3. The largest absolute Gasteiger partial charge is 3.00 e. The molecule has 0 fully saturated rings. The van der Waals surface area contributed by atoms with Crippen LogP contribution >= 0.6 is 0 Å². The van der Waals surface area contributed by atoms with E-state index in [1.165, 1.54) is 36.8 Å². The van der Waals surface area contributed by atoms with E-state index < -0.39 is 17.9 Å². The van der Waals surface area contributed by atoms with Crippen molar-refractivity contribution in [2.24, 2.45) is 0 Å². The molecule has 13 rings (SSSR count). The van der Waals surface area contributed by atoms with Crippen molar-refractivity contribution in [1.82, 2.24) is 15.0 Å². The minimum Gasteiger partial charge on any atom is -0.423 e. The molecule has 420 valence electrons. The van der Waals surface area contributed by atoms with Gasteiger partial charge in [0.1, 0.15) is 17.2 Å². The van der Waals surface area contributed by atoms with E-state index in [9.17, 15) is 14.4 Å². The Balaban J connectivity index is 0.00000754. The smallest absolute Gasteiger partial charge is 0.423 e. The van der Waals surface area contributed by atoms with Crippen LogP contribution in [0.5, 0.6) is 17.2 Å². The van der Waals surface area contributed by atoms with E-state index in [1.54, 1.807) is 36.4 Å². The Morgan fingerprint density at radius 2 is 0.511 bits per heavy atom. The molecule has 13 aromatic rings. The summed E-state index contributed by atoms with van der Waals surface area (Å²) in [5.74, 6) is -2.52. The SMILES string of the molecule is O=C(Oc1cc(OC(=O)c2ccc(-c3[c-]ccc(-c4cccc(-c5ccccc5)c4)c3)nc2)cc(OC(=O)c2ccc(-c3[c-]ccc(-c4cccc(-c5ccccc5)c4)c3)nc2)c1)c1ccc(-c2[c-]ccc(-c3cccc(-c4ccccc4)c3)c2)nc1.[Ir+3]. The number of carbonyl (C=O) groups excluding carboxylic acids is 3. The van der Waals surface area contributed by atoms with Crippen LogP contribution in [0.2, 0.25) is 0 Å². The molecule has 0 N–H and O–H groups in total. The molecule has 88 heavy (non-hydrogen) atoms. The van der Waals surface area contributed by atoms with E-state index >= 15 is 0 Å². The van der Waals surface area contributed by atoms with Crippen LogP contribution in [0.3, 0.4) is 0 Å². The van der Waals surface area contributed by atoms with Crippen molar-refractivity contribution in [3.05, 3.63) is 326 Å². The number of ether oxygens (including phenoxy) is 3. The van der Waals surface area contributed by atoms with Gasteiger partial charge in [-0.05, 0) is 85.4 Å². The third-order valence-electron chi connectivity index (χ3n) is 14.6. The fraction of sp³-hybridized carbons (Fsp3) is 0. The average molecular weight is 1320 g/mol. The third kappa shape index (κ3) is 13.3. The maximum Gasteiger partial charge on any atom is 3.00 e. The Labute approximate surface area is 522 Å². The zero-order chi connectivity index (χ0) is 58.9. The van der Waals surface area contributed by atoms with Gasteiger partial charge in [-0.1, -0.05) is 182 Å². The minimum absolute atomic E-state index is 0. The summed E-state index contributed by atoms with van der Waals surface area (Å²) in [4.78, 5) is 55.6. The maximum absolute atomic E-state index is 13.9. The summed E-state index contributed by atoms with van der Waals surface area (Å²) in [6, 6.07) is 97.0. The fourth-order valence-electron chi connectivity index (χ4n) is 10.2. The van der Waals surface area contributed by atoms with Crippen LogP contribution in [0.15, 0.2) is 292 Å². The molecule has 0 aliphatic heterocycles. The number of pyridine rings is 3. The van der Waals surface area contributed by atoms with E-state index in [1.807, 2.05) is 127 Å². The van der Waals surface area contributed by atoms with Crippen molar-refractivity contribution < 1.29 is 48.7 Å². The molecule has 10 aromatic carbocycles. The van der Waals surface area contributed by atoms with Crippen molar-refractivity contribution in [3.8, 4) is 118 Å². The Morgan fingerprint density at radius 1 is 0.261 bits per heavy atom. The monoisotopic (exact) mass is 1320 g/mol. The molecule has 0 bridgehead atoms. The van der Waals surface area contributed by atoms with Crippen LogP contribution in [0.4, 0.5) is 0 Å². The molecule has 0 unspecified atom stereocenters. The quantitative estimate of drug-likeness (QED) is 0.0562. The molecule has 3 aromatic heterocycles. The first-order valence-corrected chi connectivity index (χ1v) is 28.0. The number of esters is 3. The van der Waals surface area contributed by atoms with Crippen molar-refractivity contribution in [2.45, 2.75) is 0 Å². The second-order valence-corrected chi connectivity index (χ2v) is 20.4. The summed E-state index contributed by atoms with van der Waals surface area (Å²) in [5, 5.41) is 0. The molecule has 0 atom stereocenters. The molecule has 0 aliphatic rings. The zero-order valence-electron chi connectivity index (χ0n) is 46.8. The van der Waals surface area contributed by atoms with Crippen molar-refractivity contribution in [3.63, 3.8) is 0 Å². The van der Waals surface area contributed by atoms with Gasteiger partial charge >= 0.3 is 38.0 Å². The van der Waals surface area contributed by atoms with E-state index in [0.717, 1.165) is 83.5 Å². The molecular weight excluding hydrogens is 1270 g/mol.